The molecule has 2 aromatic rings. The minimum absolute atomic E-state index is 0.0112. The maximum absolute atomic E-state index is 15.1. The molecule has 0 bridgehead atoms. The van der Waals surface area contributed by atoms with Gasteiger partial charge in [0.05, 0.1) is 29.8 Å². The number of benzene rings is 2. The van der Waals surface area contributed by atoms with Gasteiger partial charge in [-0.15, -0.1) is 0 Å². The fraction of sp³-hybridized carbons (Fsp3) is 0.448. The highest BCUT2D eigenvalue weighted by atomic mass is 35.5. The molecule has 2 fully saturated rings. The van der Waals surface area contributed by atoms with Crippen molar-refractivity contribution >= 4 is 29.0 Å². The van der Waals surface area contributed by atoms with Crippen LogP contribution in [0, 0.1) is 11.6 Å². The second-order valence-electron chi connectivity index (χ2n) is 11.3. The van der Waals surface area contributed by atoms with Gasteiger partial charge in [0.25, 0.3) is 5.92 Å². The lowest BCUT2D eigenvalue weighted by Crippen LogP contribution is -2.64. The van der Waals surface area contributed by atoms with Crippen LogP contribution in [-0.4, -0.2) is 101 Å². The van der Waals surface area contributed by atoms with E-state index >= 15 is 4.39 Å². The number of carbonyl (C=O) groups excluding carboxylic acids is 1. The second kappa shape index (κ2) is 10.4. The van der Waals surface area contributed by atoms with Gasteiger partial charge in [-0.05, 0) is 38.1 Å². The molecule has 1 amide bonds. The summed E-state index contributed by atoms with van der Waals surface area (Å²) in [5.74, 6) is -3.97. The number of aliphatic hydroxyl groups excluding tert-OH is 1. The van der Waals surface area contributed by atoms with Gasteiger partial charge in [0.15, 0.2) is 5.75 Å². The first-order valence-corrected chi connectivity index (χ1v) is 14.1. The number of aliphatic hydroxyl groups is 1. The van der Waals surface area contributed by atoms with Crippen LogP contribution in [-0.2, 0) is 4.79 Å². The highest BCUT2D eigenvalue weighted by molar-refractivity contribution is 6.35. The maximum atomic E-state index is 15.1. The van der Waals surface area contributed by atoms with Gasteiger partial charge in [0.1, 0.15) is 24.1 Å². The number of hydrogen-bond donors (Lipinski definition) is 1. The zero-order chi connectivity index (χ0) is 30.1. The Morgan fingerprint density at radius 2 is 1.93 bits per heavy atom. The van der Waals surface area contributed by atoms with Crippen LogP contribution < -0.4 is 9.64 Å². The third-order valence-electron chi connectivity index (χ3n) is 8.30. The number of hydrogen-bond acceptors (Lipinski definition) is 7. The lowest BCUT2D eigenvalue weighted by atomic mass is 9.94. The van der Waals surface area contributed by atoms with E-state index in [1.807, 2.05) is 18.7 Å². The Morgan fingerprint density at radius 1 is 1.19 bits per heavy atom. The summed E-state index contributed by atoms with van der Waals surface area (Å²) in [6.45, 7) is 7.54. The van der Waals surface area contributed by atoms with Crippen molar-refractivity contribution in [3.8, 4) is 16.9 Å². The molecule has 0 aromatic heterocycles. The van der Waals surface area contributed by atoms with Crippen LogP contribution in [0.5, 0.6) is 5.75 Å². The molecule has 4 aliphatic rings. The third-order valence-corrected chi connectivity index (χ3v) is 8.60. The maximum Gasteiger partial charge on any atom is 0.272 e. The van der Waals surface area contributed by atoms with E-state index in [9.17, 15) is 23.1 Å². The molecule has 4 aliphatic heterocycles. The number of amides is 1. The normalized spacial score (nSPS) is 26.7. The van der Waals surface area contributed by atoms with Crippen molar-refractivity contribution in [1.82, 2.24) is 14.7 Å². The van der Waals surface area contributed by atoms with Crippen molar-refractivity contribution < 1.29 is 32.2 Å². The van der Waals surface area contributed by atoms with Crippen LogP contribution in [0.3, 0.4) is 0 Å². The van der Waals surface area contributed by atoms with Gasteiger partial charge in [-0.3, -0.25) is 9.69 Å². The van der Waals surface area contributed by atoms with E-state index in [1.54, 1.807) is 20.8 Å². The van der Waals surface area contributed by atoms with Crippen molar-refractivity contribution in [3.05, 3.63) is 59.1 Å². The molecule has 13 heteroatoms. The van der Waals surface area contributed by atoms with Gasteiger partial charge in [0.2, 0.25) is 12.3 Å². The predicted molar refractivity (Wildman–Crippen MR) is 150 cm³/mol. The molecule has 2 saturated heterocycles. The van der Waals surface area contributed by atoms with Gasteiger partial charge in [-0.2, -0.15) is 0 Å². The van der Waals surface area contributed by atoms with Crippen LogP contribution in [0.1, 0.15) is 19.4 Å². The van der Waals surface area contributed by atoms with E-state index in [-0.39, 0.29) is 53.0 Å². The first-order valence-electron chi connectivity index (χ1n) is 13.7. The number of ether oxygens (including phenoxy) is 1. The first kappa shape index (κ1) is 28.8. The summed E-state index contributed by atoms with van der Waals surface area (Å²) in [6, 6.07) is 3.76. The zero-order valence-electron chi connectivity index (χ0n) is 23.0. The summed E-state index contributed by atoms with van der Waals surface area (Å²) >= 11 is 6.79. The number of carbonyl (C=O) groups is 1. The van der Waals surface area contributed by atoms with Crippen molar-refractivity contribution in [2.24, 2.45) is 4.99 Å². The van der Waals surface area contributed by atoms with Gasteiger partial charge in [-0.25, -0.2) is 22.6 Å². The Labute approximate surface area is 245 Å². The topological polar surface area (TPSA) is 71.8 Å². The van der Waals surface area contributed by atoms with E-state index in [4.69, 9.17) is 16.3 Å². The van der Waals surface area contributed by atoms with Crippen molar-refractivity contribution in [2.45, 2.75) is 44.2 Å². The second-order valence-corrected chi connectivity index (χ2v) is 11.7. The summed E-state index contributed by atoms with van der Waals surface area (Å²) in [5, 5.41) is 11.6. The minimum atomic E-state index is -2.77. The predicted octanol–water partition coefficient (Wildman–Crippen LogP) is 3.95. The van der Waals surface area contributed by atoms with E-state index < -0.39 is 43.0 Å². The quantitative estimate of drug-likeness (QED) is 0.419. The molecule has 42 heavy (non-hydrogen) atoms. The molecule has 0 saturated carbocycles. The number of alkyl halides is 2. The fourth-order valence-electron chi connectivity index (χ4n) is 6.37. The van der Waals surface area contributed by atoms with Gasteiger partial charge in [0, 0.05) is 54.5 Å². The monoisotopic (exact) mass is 607 g/mol. The van der Waals surface area contributed by atoms with Crippen molar-refractivity contribution in [3.63, 3.8) is 0 Å². The van der Waals surface area contributed by atoms with E-state index in [2.05, 4.69) is 11.6 Å². The molecule has 8 nitrogen and oxygen atoms in total. The highest BCUT2D eigenvalue weighted by Gasteiger charge is 2.48. The van der Waals surface area contributed by atoms with E-state index in [1.165, 1.54) is 12.1 Å². The SMILES string of the molecule is C=CC(=O)N1C[C@H](C)N(C2=NC(O)N3c4c2cc(Cl)c(-c2ccc(F)cc2F)c4OCC3CN2CC(F)(F)C2)C[C@H]1C. The average molecular weight is 608 g/mol. The number of likely N-dealkylation sites (tertiary alicyclic amines) is 1. The number of aliphatic imine (C=N–C) groups is 1. The molecule has 4 heterocycles. The number of piperazine rings is 1. The first-order chi connectivity index (χ1) is 19.9. The molecule has 2 aromatic carbocycles. The molecule has 1 N–H and O–H groups in total. The van der Waals surface area contributed by atoms with Crippen LogP contribution in [0.4, 0.5) is 23.2 Å². The van der Waals surface area contributed by atoms with Gasteiger partial charge >= 0.3 is 0 Å². The molecule has 224 valence electrons. The van der Waals surface area contributed by atoms with Crippen LogP contribution in [0.2, 0.25) is 5.02 Å². The molecule has 0 spiro atoms. The molecular weight excluding hydrogens is 578 g/mol. The zero-order valence-corrected chi connectivity index (χ0v) is 23.8. The molecule has 2 unspecified atom stereocenters. The van der Waals surface area contributed by atoms with Crippen molar-refractivity contribution in [1.29, 1.82) is 0 Å². The summed E-state index contributed by atoms with van der Waals surface area (Å²) in [4.78, 5) is 23.9. The van der Waals surface area contributed by atoms with E-state index in [0.29, 0.717) is 30.2 Å². The van der Waals surface area contributed by atoms with Crippen LogP contribution >= 0.6 is 11.6 Å². The largest absolute Gasteiger partial charge is 0.488 e. The Morgan fingerprint density at radius 3 is 2.60 bits per heavy atom. The fourth-order valence-corrected chi connectivity index (χ4v) is 6.66. The number of nitrogens with zero attached hydrogens (tertiary/aromatic N) is 5. The molecule has 0 aliphatic carbocycles. The molecular formula is C29H30ClF4N5O3. The number of halogens is 5. The molecule has 6 rings (SSSR count). The van der Waals surface area contributed by atoms with Crippen molar-refractivity contribution in [2.75, 3.05) is 44.2 Å². The third kappa shape index (κ3) is 4.79. The minimum Gasteiger partial charge on any atom is -0.488 e. The van der Waals surface area contributed by atoms with Crippen LogP contribution in [0.25, 0.3) is 11.1 Å². The lowest BCUT2D eigenvalue weighted by Gasteiger charge is -2.50. The standard InChI is InChI=1S/C29H30ClF4N5O3/c1-4-23(40)37-9-16(3)38(10-15(37)2)27-20-8-21(30)24(19-6-5-17(31)7-22(19)32)26-25(20)39(28(41)35-27)18(12-42-26)11-36-13-29(33,34)14-36/h4-8,15-16,18,28,41H,1,9-14H2,2-3H3/t15-,16+,18?,28?/m1/s1. The molecule has 4 atom stereocenters. The molecule has 0 radical (unpaired) electrons. The summed E-state index contributed by atoms with van der Waals surface area (Å²) < 4.78 is 62.3. The van der Waals surface area contributed by atoms with Gasteiger partial charge < -0.3 is 24.5 Å². The Hall–Kier alpha value is -3.35. The Kier molecular flexibility index (Phi) is 7.14. The Balaban J connectivity index is 1.46. The summed E-state index contributed by atoms with van der Waals surface area (Å²) in [6.07, 6.45) is -0.141. The Bertz CT molecular complexity index is 1480. The highest BCUT2D eigenvalue weighted by Crippen LogP contribution is 2.51. The van der Waals surface area contributed by atoms with E-state index in [0.717, 1.165) is 12.1 Å². The number of anilines is 1. The summed E-state index contributed by atoms with van der Waals surface area (Å²) in [5.41, 5.74) is 1.09. The number of amidine groups is 1. The smallest absolute Gasteiger partial charge is 0.272 e. The average Bonchev–Trinajstić information content (AvgIpc) is 2.91. The van der Waals surface area contributed by atoms with Crippen LogP contribution in [0.15, 0.2) is 41.9 Å². The summed E-state index contributed by atoms with van der Waals surface area (Å²) in [7, 11) is 0. The van der Waals surface area contributed by atoms with Gasteiger partial charge in [-0.1, -0.05) is 18.2 Å². The lowest BCUT2D eigenvalue weighted by molar-refractivity contribution is -0.133. The number of rotatable bonds is 4.